The summed E-state index contributed by atoms with van der Waals surface area (Å²) >= 11 is 0. The van der Waals surface area contributed by atoms with Crippen LogP contribution in [-0.2, 0) is 9.53 Å². The minimum Gasteiger partial charge on any atom is -0.465 e. The molecule has 2 fully saturated rings. The number of ether oxygens (including phenoxy) is 1. The molecule has 3 nitrogen and oxygen atoms in total. The molecule has 0 heterocycles. The second kappa shape index (κ2) is 6.74. The van der Waals surface area contributed by atoms with Gasteiger partial charge in [0.25, 0.3) is 0 Å². The lowest BCUT2D eigenvalue weighted by Crippen LogP contribution is -2.58. The van der Waals surface area contributed by atoms with Crippen LogP contribution in [0.1, 0.15) is 71.6 Å². The number of nitrogens with one attached hydrogen (secondary N) is 1. The largest absolute Gasteiger partial charge is 0.465 e. The first-order valence-electron chi connectivity index (χ1n) is 8.15. The molecule has 0 aromatic carbocycles. The number of hydrogen-bond donors (Lipinski definition) is 1. The van der Waals surface area contributed by atoms with Crippen LogP contribution in [-0.4, -0.2) is 24.2 Å². The van der Waals surface area contributed by atoms with Crippen molar-refractivity contribution < 1.29 is 9.53 Å². The molecule has 1 N–H and O–H groups in total. The average Bonchev–Trinajstić information content (AvgIpc) is 2.92. The van der Waals surface area contributed by atoms with E-state index < -0.39 is 0 Å². The molecule has 2 atom stereocenters. The van der Waals surface area contributed by atoms with Gasteiger partial charge in [0.2, 0.25) is 0 Å². The molecule has 0 aliphatic heterocycles. The van der Waals surface area contributed by atoms with Gasteiger partial charge in [-0.15, -0.1) is 0 Å². The van der Waals surface area contributed by atoms with Crippen LogP contribution in [0.2, 0.25) is 0 Å². The minimum atomic E-state index is -0.385. The van der Waals surface area contributed by atoms with Crippen LogP contribution in [0.15, 0.2) is 0 Å². The molecule has 19 heavy (non-hydrogen) atoms. The van der Waals surface area contributed by atoms with Crippen molar-refractivity contribution in [1.29, 1.82) is 0 Å². The van der Waals surface area contributed by atoms with Gasteiger partial charge in [0, 0.05) is 6.04 Å². The van der Waals surface area contributed by atoms with Crippen LogP contribution in [0.5, 0.6) is 0 Å². The van der Waals surface area contributed by atoms with E-state index in [2.05, 4.69) is 12.2 Å². The number of carbonyl (C=O) groups excluding carboxylic acids is 1. The van der Waals surface area contributed by atoms with Crippen molar-refractivity contribution >= 4 is 5.97 Å². The summed E-state index contributed by atoms with van der Waals surface area (Å²) in [6.07, 6.45) is 10.6. The highest BCUT2D eigenvalue weighted by atomic mass is 16.5. The molecule has 3 heteroatoms. The van der Waals surface area contributed by atoms with Crippen LogP contribution in [0.25, 0.3) is 0 Å². The van der Waals surface area contributed by atoms with E-state index in [4.69, 9.17) is 4.74 Å². The second-order valence-electron chi connectivity index (χ2n) is 6.30. The fourth-order valence-electron chi connectivity index (χ4n) is 3.84. The Morgan fingerprint density at radius 2 is 1.95 bits per heavy atom. The molecule has 0 aromatic heterocycles. The van der Waals surface area contributed by atoms with Gasteiger partial charge in [0.15, 0.2) is 0 Å². The molecular weight excluding hydrogens is 238 g/mol. The monoisotopic (exact) mass is 267 g/mol. The van der Waals surface area contributed by atoms with E-state index in [1.54, 1.807) is 0 Å². The first-order chi connectivity index (χ1) is 9.20. The fourth-order valence-corrected chi connectivity index (χ4v) is 3.84. The van der Waals surface area contributed by atoms with Crippen molar-refractivity contribution in [2.45, 2.75) is 83.2 Å². The first kappa shape index (κ1) is 14.8. The summed E-state index contributed by atoms with van der Waals surface area (Å²) in [6, 6.07) is 0.528. The number of carbonyl (C=O) groups is 1. The molecule has 0 spiro atoms. The molecule has 110 valence electrons. The molecule has 2 rings (SSSR count). The third-order valence-corrected chi connectivity index (χ3v) is 4.93. The second-order valence-corrected chi connectivity index (χ2v) is 6.30. The SMILES string of the molecule is CCOC(=O)C1(NC2CCCC2)CCCC(CC)C1. The molecular formula is C16H29NO2. The summed E-state index contributed by atoms with van der Waals surface area (Å²) in [6.45, 7) is 4.63. The Labute approximate surface area is 117 Å². The number of hydrogen-bond acceptors (Lipinski definition) is 3. The Balaban J connectivity index is 2.08. The normalized spacial score (nSPS) is 32.4. The van der Waals surface area contributed by atoms with E-state index >= 15 is 0 Å². The summed E-state index contributed by atoms with van der Waals surface area (Å²) in [4.78, 5) is 12.5. The van der Waals surface area contributed by atoms with Crippen LogP contribution in [0.4, 0.5) is 0 Å². The predicted molar refractivity (Wildman–Crippen MR) is 77.0 cm³/mol. The Kier molecular flexibility index (Phi) is 5.26. The summed E-state index contributed by atoms with van der Waals surface area (Å²) < 4.78 is 5.39. The highest BCUT2D eigenvalue weighted by molar-refractivity contribution is 5.81. The van der Waals surface area contributed by atoms with Gasteiger partial charge in [0.1, 0.15) is 5.54 Å². The molecule has 2 aliphatic rings. The summed E-state index contributed by atoms with van der Waals surface area (Å²) in [5, 5.41) is 3.71. The van der Waals surface area contributed by atoms with Gasteiger partial charge < -0.3 is 4.74 Å². The van der Waals surface area contributed by atoms with E-state index in [0.29, 0.717) is 18.6 Å². The Bertz CT molecular complexity index is 299. The fraction of sp³-hybridized carbons (Fsp3) is 0.938. The van der Waals surface area contributed by atoms with Crippen LogP contribution in [0.3, 0.4) is 0 Å². The quantitative estimate of drug-likeness (QED) is 0.776. The van der Waals surface area contributed by atoms with Gasteiger partial charge in [-0.25, -0.2) is 0 Å². The minimum absolute atomic E-state index is 0.0000463. The van der Waals surface area contributed by atoms with Crippen molar-refractivity contribution in [3.8, 4) is 0 Å². The molecule has 0 bridgehead atoms. The van der Waals surface area contributed by atoms with E-state index in [9.17, 15) is 4.79 Å². The first-order valence-corrected chi connectivity index (χ1v) is 8.15. The topological polar surface area (TPSA) is 38.3 Å². The maximum absolute atomic E-state index is 12.5. The van der Waals surface area contributed by atoms with Gasteiger partial charge >= 0.3 is 5.97 Å². The highest BCUT2D eigenvalue weighted by Gasteiger charge is 2.44. The Morgan fingerprint density at radius 1 is 1.21 bits per heavy atom. The van der Waals surface area contributed by atoms with Crippen LogP contribution in [0, 0.1) is 5.92 Å². The third-order valence-electron chi connectivity index (χ3n) is 4.93. The lowest BCUT2D eigenvalue weighted by atomic mass is 9.74. The zero-order valence-corrected chi connectivity index (χ0v) is 12.5. The van der Waals surface area contributed by atoms with Gasteiger partial charge in [0.05, 0.1) is 6.61 Å². The van der Waals surface area contributed by atoms with Gasteiger partial charge in [-0.2, -0.15) is 0 Å². The van der Waals surface area contributed by atoms with Crippen molar-refractivity contribution in [1.82, 2.24) is 5.32 Å². The summed E-state index contributed by atoms with van der Waals surface area (Å²) in [7, 11) is 0. The maximum atomic E-state index is 12.5. The number of esters is 1. The lowest BCUT2D eigenvalue weighted by Gasteiger charge is -2.41. The summed E-state index contributed by atoms with van der Waals surface area (Å²) in [5.41, 5.74) is -0.385. The van der Waals surface area contributed by atoms with Crippen molar-refractivity contribution in [2.75, 3.05) is 6.61 Å². The van der Waals surface area contributed by atoms with Crippen molar-refractivity contribution in [2.24, 2.45) is 5.92 Å². The van der Waals surface area contributed by atoms with Gasteiger partial charge in [-0.05, 0) is 38.5 Å². The lowest BCUT2D eigenvalue weighted by molar-refractivity contribution is -0.154. The van der Waals surface area contributed by atoms with E-state index in [1.165, 1.54) is 38.5 Å². The van der Waals surface area contributed by atoms with E-state index in [-0.39, 0.29) is 11.5 Å². The molecule has 2 unspecified atom stereocenters. The molecule has 0 saturated heterocycles. The Morgan fingerprint density at radius 3 is 2.58 bits per heavy atom. The smallest absolute Gasteiger partial charge is 0.326 e. The molecule has 2 aliphatic carbocycles. The van der Waals surface area contributed by atoms with Crippen molar-refractivity contribution in [3.63, 3.8) is 0 Å². The molecule has 0 amide bonds. The molecule has 2 saturated carbocycles. The maximum Gasteiger partial charge on any atom is 0.326 e. The van der Waals surface area contributed by atoms with Crippen LogP contribution >= 0.6 is 0 Å². The average molecular weight is 267 g/mol. The van der Waals surface area contributed by atoms with E-state index in [1.807, 2.05) is 6.92 Å². The Hall–Kier alpha value is -0.570. The standard InChI is InChI=1S/C16H29NO2/c1-3-13-8-7-11-16(12-13,15(18)19-4-2)17-14-9-5-6-10-14/h13-14,17H,3-12H2,1-2H3. The van der Waals surface area contributed by atoms with Crippen molar-refractivity contribution in [3.05, 3.63) is 0 Å². The van der Waals surface area contributed by atoms with E-state index in [0.717, 1.165) is 19.3 Å². The van der Waals surface area contributed by atoms with Crippen LogP contribution < -0.4 is 5.32 Å². The molecule has 0 radical (unpaired) electrons. The zero-order chi connectivity index (χ0) is 13.7. The highest BCUT2D eigenvalue weighted by Crippen LogP contribution is 2.36. The predicted octanol–water partition coefficient (Wildman–Crippen LogP) is 3.42. The third kappa shape index (κ3) is 3.50. The summed E-state index contributed by atoms with van der Waals surface area (Å²) in [5.74, 6) is 0.673. The number of rotatable bonds is 5. The van der Waals surface area contributed by atoms with Gasteiger partial charge in [-0.1, -0.05) is 39.0 Å². The zero-order valence-electron chi connectivity index (χ0n) is 12.5. The van der Waals surface area contributed by atoms with Gasteiger partial charge in [-0.3, -0.25) is 10.1 Å². The molecule has 0 aromatic rings.